The van der Waals surface area contributed by atoms with Gasteiger partial charge in [0, 0.05) is 12.1 Å². The van der Waals surface area contributed by atoms with E-state index in [1.54, 1.807) is 25.3 Å². The molecule has 2 unspecified atom stereocenters. The average Bonchev–Trinajstić information content (AvgIpc) is 2.44. The van der Waals surface area contributed by atoms with Gasteiger partial charge in [-0.1, -0.05) is 6.92 Å². The lowest BCUT2D eigenvalue weighted by atomic mass is 9.93. The first kappa shape index (κ1) is 15.6. The van der Waals surface area contributed by atoms with Crippen LogP contribution in [-0.4, -0.2) is 37.0 Å². The highest BCUT2D eigenvalue weighted by Gasteiger charge is 2.24. The number of amides is 1. The summed E-state index contributed by atoms with van der Waals surface area (Å²) in [5, 5.41) is 2.88. The van der Waals surface area contributed by atoms with Crippen LogP contribution in [0.3, 0.4) is 0 Å². The van der Waals surface area contributed by atoms with E-state index < -0.39 is 0 Å². The summed E-state index contributed by atoms with van der Waals surface area (Å²) in [5.41, 5.74) is 7.07. The van der Waals surface area contributed by atoms with Gasteiger partial charge in [-0.05, 0) is 44.4 Å². The van der Waals surface area contributed by atoms with Crippen LogP contribution in [0.1, 0.15) is 26.7 Å². The van der Waals surface area contributed by atoms with Gasteiger partial charge in [-0.2, -0.15) is 0 Å². The van der Waals surface area contributed by atoms with E-state index in [1.165, 1.54) is 0 Å². The summed E-state index contributed by atoms with van der Waals surface area (Å²) in [6.07, 6.45) is 2.31. The molecule has 1 fully saturated rings. The normalized spacial score (nSPS) is 22.8. The third-order valence-electron chi connectivity index (χ3n) is 4.16. The molecule has 5 heteroatoms. The van der Waals surface area contributed by atoms with E-state index in [0.29, 0.717) is 29.7 Å². The number of hydrogen-bond acceptors (Lipinski definition) is 4. The highest BCUT2D eigenvalue weighted by molar-refractivity contribution is 5.95. The maximum atomic E-state index is 12.2. The van der Waals surface area contributed by atoms with E-state index in [-0.39, 0.29) is 5.91 Å². The van der Waals surface area contributed by atoms with Crippen molar-refractivity contribution in [1.82, 2.24) is 4.90 Å². The number of nitrogens with zero attached hydrogens (tertiary/aromatic N) is 1. The summed E-state index contributed by atoms with van der Waals surface area (Å²) in [5.74, 6) is 1.41. The van der Waals surface area contributed by atoms with Gasteiger partial charge in [0.1, 0.15) is 5.75 Å². The summed E-state index contributed by atoms with van der Waals surface area (Å²) in [7, 11) is 1.59. The number of ether oxygens (including phenoxy) is 1. The SMILES string of the molecule is COc1ccc(NC(=O)CN2CCC(C)CC2C)c(N)c1. The van der Waals surface area contributed by atoms with Crippen LogP contribution < -0.4 is 15.8 Å². The molecule has 0 aromatic heterocycles. The van der Waals surface area contributed by atoms with E-state index >= 15 is 0 Å². The van der Waals surface area contributed by atoms with Crippen molar-refractivity contribution in [1.29, 1.82) is 0 Å². The number of nitrogen functional groups attached to an aromatic ring is 1. The van der Waals surface area contributed by atoms with Crippen molar-refractivity contribution in [2.75, 3.05) is 31.2 Å². The minimum absolute atomic E-state index is 0.0201. The topological polar surface area (TPSA) is 67.6 Å². The molecule has 3 N–H and O–H groups in total. The molecule has 0 aliphatic carbocycles. The van der Waals surface area contributed by atoms with Gasteiger partial charge in [-0.15, -0.1) is 0 Å². The first-order chi connectivity index (χ1) is 9.99. The van der Waals surface area contributed by atoms with Crippen molar-refractivity contribution in [3.05, 3.63) is 18.2 Å². The van der Waals surface area contributed by atoms with Crippen LogP contribution in [0.15, 0.2) is 18.2 Å². The zero-order chi connectivity index (χ0) is 15.4. The van der Waals surface area contributed by atoms with Gasteiger partial charge in [-0.25, -0.2) is 0 Å². The molecule has 1 aliphatic rings. The molecule has 1 saturated heterocycles. The van der Waals surface area contributed by atoms with Crippen LogP contribution in [0.2, 0.25) is 0 Å². The van der Waals surface area contributed by atoms with Crippen molar-refractivity contribution in [2.45, 2.75) is 32.7 Å². The van der Waals surface area contributed by atoms with Crippen LogP contribution in [0.5, 0.6) is 5.75 Å². The molecule has 2 rings (SSSR count). The van der Waals surface area contributed by atoms with Crippen LogP contribution in [0.25, 0.3) is 0 Å². The van der Waals surface area contributed by atoms with Crippen LogP contribution in [0, 0.1) is 5.92 Å². The number of carbonyl (C=O) groups is 1. The predicted molar refractivity (Wildman–Crippen MR) is 85.5 cm³/mol. The van der Waals surface area contributed by atoms with Crippen LogP contribution in [0.4, 0.5) is 11.4 Å². The summed E-state index contributed by atoms with van der Waals surface area (Å²) >= 11 is 0. The standard InChI is InChI=1S/C16H25N3O2/c1-11-6-7-19(12(2)8-11)10-16(20)18-15-5-4-13(21-3)9-14(15)17/h4-5,9,11-12H,6-8,10,17H2,1-3H3,(H,18,20). The van der Waals surface area contributed by atoms with Gasteiger partial charge in [0.05, 0.1) is 25.0 Å². The zero-order valence-electron chi connectivity index (χ0n) is 13.1. The van der Waals surface area contributed by atoms with Crippen molar-refractivity contribution in [3.63, 3.8) is 0 Å². The largest absolute Gasteiger partial charge is 0.497 e. The fourth-order valence-electron chi connectivity index (χ4n) is 2.85. The summed E-state index contributed by atoms with van der Waals surface area (Å²) in [6.45, 7) is 5.85. The number of nitrogens with one attached hydrogen (secondary N) is 1. The Hall–Kier alpha value is -1.75. The lowest BCUT2D eigenvalue weighted by Gasteiger charge is -2.35. The Bertz CT molecular complexity index is 504. The Morgan fingerprint density at radius 1 is 1.48 bits per heavy atom. The monoisotopic (exact) mass is 291 g/mol. The summed E-state index contributed by atoms with van der Waals surface area (Å²) < 4.78 is 5.10. The lowest BCUT2D eigenvalue weighted by Crippen LogP contribution is -2.44. The quantitative estimate of drug-likeness (QED) is 0.836. The Kier molecular flexibility index (Phi) is 5.07. The van der Waals surface area contributed by atoms with E-state index in [0.717, 1.165) is 25.3 Å². The second-order valence-electron chi connectivity index (χ2n) is 5.95. The van der Waals surface area contributed by atoms with Gasteiger partial charge in [0.15, 0.2) is 0 Å². The fourth-order valence-corrected chi connectivity index (χ4v) is 2.85. The number of rotatable bonds is 4. The number of anilines is 2. The van der Waals surface area contributed by atoms with Crippen molar-refractivity contribution >= 4 is 17.3 Å². The predicted octanol–water partition coefficient (Wildman–Crippen LogP) is 2.34. The van der Waals surface area contributed by atoms with Gasteiger partial charge < -0.3 is 15.8 Å². The third kappa shape index (κ3) is 4.11. The molecule has 1 aromatic carbocycles. The van der Waals surface area contributed by atoms with Crippen molar-refractivity contribution in [3.8, 4) is 5.75 Å². The molecule has 0 bridgehead atoms. The molecule has 1 amide bonds. The van der Waals surface area contributed by atoms with Crippen LogP contribution in [-0.2, 0) is 4.79 Å². The molecule has 2 atom stereocenters. The first-order valence-corrected chi connectivity index (χ1v) is 7.47. The molecule has 0 radical (unpaired) electrons. The van der Waals surface area contributed by atoms with Gasteiger partial charge >= 0.3 is 0 Å². The van der Waals surface area contributed by atoms with Crippen molar-refractivity contribution < 1.29 is 9.53 Å². The highest BCUT2D eigenvalue weighted by Crippen LogP contribution is 2.25. The molecule has 1 aromatic rings. The fraction of sp³-hybridized carbons (Fsp3) is 0.562. The third-order valence-corrected chi connectivity index (χ3v) is 4.16. The number of methoxy groups -OCH3 is 1. The lowest BCUT2D eigenvalue weighted by molar-refractivity contribution is -0.118. The van der Waals surface area contributed by atoms with E-state index in [4.69, 9.17) is 10.5 Å². The average molecular weight is 291 g/mol. The minimum Gasteiger partial charge on any atom is -0.497 e. The van der Waals surface area contributed by atoms with E-state index in [9.17, 15) is 4.79 Å². The Labute approximate surface area is 126 Å². The number of carbonyl (C=O) groups excluding carboxylic acids is 1. The van der Waals surface area contributed by atoms with Gasteiger partial charge in [-0.3, -0.25) is 9.69 Å². The molecular formula is C16H25N3O2. The maximum Gasteiger partial charge on any atom is 0.238 e. The molecule has 0 spiro atoms. The summed E-state index contributed by atoms with van der Waals surface area (Å²) in [4.78, 5) is 14.4. The highest BCUT2D eigenvalue weighted by atomic mass is 16.5. The first-order valence-electron chi connectivity index (χ1n) is 7.47. The Morgan fingerprint density at radius 3 is 2.86 bits per heavy atom. The Morgan fingerprint density at radius 2 is 2.24 bits per heavy atom. The van der Waals surface area contributed by atoms with Gasteiger partial charge in [0.25, 0.3) is 0 Å². The number of piperidine rings is 1. The number of benzene rings is 1. The van der Waals surface area contributed by atoms with Crippen LogP contribution >= 0.6 is 0 Å². The van der Waals surface area contributed by atoms with E-state index in [2.05, 4.69) is 24.1 Å². The maximum absolute atomic E-state index is 12.2. The molecular weight excluding hydrogens is 266 g/mol. The zero-order valence-corrected chi connectivity index (χ0v) is 13.1. The summed E-state index contributed by atoms with van der Waals surface area (Å²) in [6, 6.07) is 5.72. The molecule has 1 aliphatic heterocycles. The second-order valence-corrected chi connectivity index (χ2v) is 5.95. The van der Waals surface area contributed by atoms with E-state index in [1.807, 2.05) is 0 Å². The van der Waals surface area contributed by atoms with Crippen molar-refractivity contribution in [2.24, 2.45) is 5.92 Å². The Balaban J connectivity index is 1.92. The van der Waals surface area contributed by atoms with Gasteiger partial charge in [0.2, 0.25) is 5.91 Å². The molecule has 21 heavy (non-hydrogen) atoms. The number of likely N-dealkylation sites (tertiary alicyclic amines) is 1. The minimum atomic E-state index is -0.0201. The number of hydrogen-bond donors (Lipinski definition) is 2. The molecule has 0 saturated carbocycles. The molecule has 116 valence electrons. The second kappa shape index (κ2) is 6.80. The smallest absolute Gasteiger partial charge is 0.238 e. The molecule has 5 nitrogen and oxygen atoms in total. The molecule has 1 heterocycles. The number of nitrogens with two attached hydrogens (primary N) is 1.